The first kappa shape index (κ1) is 14.4. The summed E-state index contributed by atoms with van der Waals surface area (Å²) in [6.07, 6.45) is 0. The number of rotatable bonds is 4. The van der Waals surface area contributed by atoms with Gasteiger partial charge in [0.1, 0.15) is 0 Å². The normalized spacial score (nSPS) is 11.4. The van der Waals surface area contributed by atoms with E-state index in [1.807, 2.05) is 0 Å². The van der Waals surface area contributed by atoms with Crippen molar-refractivity contribution >= 4 is 34.3 Å². The van der Waals surface area contributed by atoms with Gasteiger partial charge in [-0.25, -0.2) is 4.98 Å². The van der Waals surface area contributed by atoms with E-state index in [4.69, 9.17) is 11.6 Å². The minimum atomic E-state index is -0.00264. The van der Waals surface area contributed by atoms with Crippen molar-refractivity contribution in [3.8, 4) is 0 Å². The Morgan fingerprint density at radius 2 is 2.16 bits per heavy atom. The van der Waals surface area contributed by atoms with Crippen LogP contribution in [0.25, 0.3) is 10.9 Å². The second-order valence-corrected chi connectivity index (χ2v) is 6.47. The molecule has 1 heterocycles. The van der Waals surface area contributed by atoms with Crippen LogP contribution in [0, 0.1) is 5.92 Å². The number of halogens is 1. The van der Waals surface area contributed by atoms with E-state index in [1.54, 1.807) is 34.5 Å². The molecule has 102 valence electrons. The molecule has 0 aliphatic rings. The third-order valence-electron chi connectivity index (χ3n) is 2.70. The van der Waals surface area contributed by atoms with Gasteiger partial charge in [0, 0.05) is 11.6 Å². The highest BCUT2D eigenvalue weighted by Gasteiger charge is 2.12. The first-order valence-electron chi connectivity index (χ1n) is 6.35. The summed E-state index contributed by atoms with van der Waals surface area (Å²) in [7, 11) is 0. The first-order chi connectivity index (χ1) is 9.02. The predicted octanol–water partition coefficient (Wildman–Crippen LogP) is 3.82. The van der Waals surface area contributed by atoms with Gasteiger partial charge in [-0.05, 0) is 29.9 Å². The van der Waals surface area contributed by atoms with Crippen LogP contribution in [0.5, 0.6) is 0 Å². The third kappa shape index (κ3) is 3.12. The van der Waals surface area contributed by atoms with Gasteiger partial charge in [-0.3, -0.25) is 9.36 Å². The van der Waals surface area contributed by atoms with Crippen molar-refractivity contribution in [2.24, 2.45) is 5.92 Å². The van der Waals surface area contributed by atoms with Crippen LogP contribution in [0.15, 0.2) is 28.2 Å². The maximum absolute atomic E-state index is 12.6. The molecule has 0 amide bonds. The number of nitrogens with zero attached hydrogens (tertiary/aromatic N) is 2. The highest BCUT2D eigenvalue weighted by Crippen LogP contribution is 2.20. The average Bonchev–Trinajstić information content (AvgIpc) is 2.35. The Bertz CT molecular complexity index is 652. The number of hydrogen-bond donors (Lipinski definition) is 0. The van der Waals surface area contributed by atoms with E-state index in [9.17, 15) is 4.79 Å². The van der Waals surface area contributed by atoms with Crippen molar-refractivity contribution in [3.05, 3.63) is 33.6 Å². The van der Waals surface area contributed by atoms with Crippen molar-refractivity contribution in [1.29, 1.82) is 0 Å². The molecular weight excluding hydrogens is 280 g/mol. The molecule has 1 aromatic carbocycles. The van der Waals surface area contributed by atoms with Crippen LogP contribution < -0.4 is 5.56 Å². The van der Waals surface area contributed by atoms with Gasteiger partial charge < -0.3 is 0 Å². The SMILES string of the molecule is CCSc1nc2ccc(Cl)cc2c(=O)n1CC(C)C. The molecule has 0 fully saturated rings. The predicted molar refractivity (Wildman–Crippen MR) is 82.2 cm³/mol. The molecule has 0 N–H and O–H groups in total. The summed E-state index contributed by atoms with van der Waals surface area (Å²) in [6, 6.07) is 5.27. The maximum Gasteiger partial charge on any atom is 0.262 e. The van der Waals surface area contributed by atoms with Crippen LogP contribution in [-0.4, -0.2) is 15.3 Å². The van der Waals surface area contributed by atoms with Gasteiger partial charge in [-0.2, -0.15) is 0 Å². The molecule has 0 aliphatic carbocycles. The highest BCUT2D eigenvalue weighted by molar-refractivity contribution is 7.99. The molecule has 0 atom stereocenters. The largest absolute Gasteiger partial charge is 0.287 e. The van der Waals surface area contributed by atoms with Gasteiger partial charge in [-0.1, -0.05) is 44.1 Å². The minimum absolute atomic E-state index is 0.00264. The second-order valence-electron chi connectivity index (χ2n) is 4.80. The standard InChI is InChI=1S/C14H17ClN2OS/c1-4-19-14-16-12-6-5-10(15)7-11(12)13(18)17(14)8-9(2)3/h5-7,9H,4,8H2,1-3H3. The fourth-order valence-electron chi connectivity index (χ4n) is 1.94. The van der Waals surface area contributed by atoms with Gasteiger partial charge in [-0.15, -0.1) is 0 Å². The molecule has 0 unspecified atom stereocenters. The Morgan fingerprint density at radius 3 is 2.79 bits per heavy atom. The summed E-state index contributed by atoms with van der Waals surface area (Å²) in [6.45, 7) is 6.92. The molecule has 2 aromatic rings. The smallest absolute Gasteiger partial charge is 0.262 e. The van der Waals surface area contributed by atoms with Gasteiger partial charge in [0.2, 0.25) is 0 Å². The topological polar surface area (TPSA) is 34.9 Å². The zero-order chi connectivity index (χ0) is 14.0. The van der Waals surface area contributed by atoms with Crippen LogP contribution in [0.3, 0.4) is 0 Å². The number of hydrogen-bond acceptors (Lipinski definition) is 3. The zero-order valence-electron chi connectivity index (χ0n) is 11.3. The van der Waals surface area contributed by atoms with Crippen molar-refractivity contribution in [3.63, 3.8) is 0 Å². The molecule has 0 spiro atoms. The van der Waals surface area contributed by atoms with Crippen LogP contribution in [0.2, 0.25) is 5.02 Å². The Labute approximate surface area is 122 Å². The molecule has 19 heavy (non-hydrogen) atoms. The monoisotopic (exact) mass is 296 g/mol. The summed E-state index contributed by atoms with van der Waals surface area (Å²) < 4.78 is 1.76. The lowest BCUT2D eigenvalue weighted by atomic mass is 10.2. The zero-order valence-corrected chi connectivity index (χ0v) is 12.9. The first-order valence-corrected chi connectivity index (χ1v) is 7.72. The molecule has 0 aliphatic heterocycles. The van der Waals surface area contributed by atoms with Crippen molar-refractivity contribution in [2.75, 3.05) is 5.75 Å². The second kappa shape index (κ2) is 5.97. The quantitative estimate of drug-likeness (QED) is 0.635. The Hall–Kier alpha value is -1.00. The van der Waals surface area contributed by atoms with Crippen LogP contribution in [-0.2, 0) is 6.54 Å². The number of fused-ring (bicyclic) bond motifs is 1. The Kier molecular flexibility index (Phi) is 4.53. The molecule has 1 aromatic heterocycles. The van der Waals surface area contributed by atoms with Crippen LogP contribution >= 0.6 is 23.4 Å². The fourth-order valence-corrected chi connectivity index (χ4v) is 2.84. The fraction of sp³-hybridized carbons (Fsp3) is 0.429. The summed E-state index contributed by atoms with van der Waals surface area (Å²) in [5, 5.41) is 1.95. The summed E-state index contributed by atoms with van der Waals surface area (Å²) >= 11 is 7.56. The lowest BCUT2D eigenvalue weighted by Crippen LogP contribution is -2.25. The molecule has 0 saturated heterocycles. The van der Waals surface area contributed by atoms with Crippen molar-refractivity contribution < 1.29 is 0 Å². The van der Waals surface area contributed by atoms with E-state index in [-0.39, 0.29) is 5.56 Å². The summed E-state index contributed by atoms with van der Waals surface area (Å²) in [5.41, 5.74) is 0.711. The summed E-state index contributed by atoms with van der Waals surface area (Å²) in [5.74, 6) is 1.29. The molecule has 0 radical (unpaired) electrons. The molecule has 2 rings (SSSR count). The van der Waals surface area contributed by atoms with Gasteiger partial charge >= 0.3 is 0 Å². The molecule has 0 saturated carbocycles. The maximum atomic E-state index is 12.6. The van der Waals surface area contributed by atoms with Gasteiger partial charge in [0.25, 0.3) is 5.56 Å². The molecule has 0 bridgehead atoms. The lowest BCUT2D eigenvalue weighted by Gasteiger charge is -2.14. The van der Waals surface area contributed by atoms with Crippen LogP contribution in [0.1, 0.15) is 20.8 Å². The van der Waals surface area contributed by atoms with Gasteiger partial charge in [0.15, 0.2) is 5.16 Å². The summed E-state index contributed by atoms with van der Waals surface area (Å²) in [4.78, 5) is 17.1. The molecule has 3 nitrogen and oxygen atoms in total. The van der Waals surface area contributed by atoms with E-state index in [0.717, 1.165) is 10.9 Å². The van der Waals surface area contributed by atoms with E-state index < -0.39 is 0 Å². The Morgan fingerprint density at radius 1 is 1.42 bits per heavy atom. The van der Waals surface area contributed by atoms with E-state index >= 15 is 0 Å². The van der Waals surface area contributed by atoms with E-state index in [1.165, 1.54) is 0 Å². The van der Waals surface area contributed by atoms with Crippen LogP contribution in [0.4, 0.5) is 0 Å². The lowest BCUT2D eigenvalue weighted by molar-refractivity contribution is 0.475. The van der Waals surface area contributed by atoms with Gasteiger partial charge in [0.05, 0.1) is 10.9 Å². The van der Waals surface area contributed by atoms with Crippen molar-refractivity contribution in [2.45, 2.75) is 32.5 Å². The minimum Gasteiger partial charge on any atom is -0.287 e. The number of thioether (sulfide) groups is 1. The Balaban J connectivity index is 2.70. The van der Waals surface area contributed by atoms with E-state index in [0.29, 0.717) is 28.4 Å². The molecular formula is C14H17ClN2OS. The van der Waals surface area contributed by atoms with Crippen molar-refractivity contribution in [1.82, 2.24) is 9.55 Å². The number of aromatic nitrogens is 2. The highest BCUT2D eigenvalue weighted by atomic mass is 35.5. The van der Waals surface area contributed by atoms with E-state index in [2.05, 4.69) is 25.8 Å². The third-order valence-corrected chi connectivity index (χ3v) is 3.80. The number of benzene rings is 1. The average molecular weight is 297 g/mol. The molecule has 5 heteroatoms.